The molecule has 3 N–H and O–H groups in total. The van der Waals surface area contributed by atoms with E-state index in [9.17, 15) is 0 Å². The van der Waals surface area contributed by atoms with Gasteiger partial charge < -0.3 is 15.3 Å². The molecule has 0 saturated carbocycles. The van der Waals surface area contributed by atoms with Crippen LogP contribution >= 0.6 is 0 Å². The van der Waals surface area contributed by atoms with E-state index < -0.39 is 0 Å². The van der Waals surface area contributed by atoms with E-state index in [1.54, 1.807) is 20.8 Å². The molecule has 0 saturated heterocycles. The molecule has 0 aliphatic heterocycles. The van der Waals surface area contributed by atoms with Gasteiger partial charge in [0.15, 0.2) is 0 Å². The lowest BCUT2D eigenvalue weighted by Gasteiger charge is -1.52. The fourth-order valence-corrected chi connectivity index (χ4v) is 0. The maximum absolute atomic E-state index is 7.57. The Labute approximate surface area is 64.3 Å². The van der Waals surface area contributed by atoms with Gasteiger partial charge in [-0.05, 0) is 20.8 Å². The first-order valence-electron chi connectivity index (χ1n) is 3.07. The lowest BCUT2D eigenvalue weighted by atomic mass is 10.9. The minimum Gasteiger partial charge on any atom is -0.397 e. The Hall–Kier alpha value is -0.120. The van der Waals surface area contributed by atoms with E-state index in [1.165, 1.54) is 0 Å². The summed E-state index contributed by atoms with van der Waals surface area (Å²) in [5.74, 6) is 0. The second-order valence-corrected chi connectivity index (χ2v) is 0.949. The van der Waals surface area contributed by atoms with Gasteiger partial charge in [-0.2, -0.15) is 0 Å². The Morgan fingerprint density at radius 1 is 0.700 bits per heavy atom. The number of aliphatic hydroxyl groups is 3. The van der Waals surface area contributed by atoms with Gasteiger partial charge in [-0.3, -0.25) is 0 Å². The van der Waals surface area contributed by atoms with Crippen molar-refractivity contribution in [3.8, 4) is 0 Å². The maximum Gasteiger partial charge on any atom is 0.0402 e. The molecular weight excluding hydrogens is 132 g/mol. The van der Waals surface area contributed by atoms with Crippen LogP contribution < -0.4 is 0 Å². The molecular formula is C7H22O3. The standard InChI is InChI=1S/3C2H6O.CH4/c3*1-2-3;/h3*3H,2H2,1H3;1H4. The van der Waals surface area contributed by atoms with Gasteiger partial charge in [-0.15, -0.1) is 0 Å². The molecule has 0 atom stereocenters. The molecule has 0 radical (unpaired) electrons. The highest BCUT2D eigenvalue weighted by Gasteiger charge is 1.35. The van der Waals surface area contributed by atoms with Crippen LogP contribution in [-0.4, -0.2) is 35.1 Å². The van der Waals surface area contributed by atoms with Gasteiger partial charge in [0, 0.05) is 19.8 Å². The topological polar surface area (TPSA) is 60.7 Å². The number of aliphatic hydroxyl groups excluding tert-OH is 3. The van der Waals surface area contributed by atoms with Crippen LogP contribution in [0.3, 0.4) is 0 Å². The predicted octanol–water partition coefficient (Wildman–Crippen LogP) is 0.632. The lowest BCUT2D eigenvalue weighted by molar-refractivity contribution is 0.318. The molecule has 0 bridgehead atoms. The molecule has 0 heterocycles. The van der Waals surface area contributed by atoms with Gasteiger partial charge in [0.2, 0.25) is 0 Å². The van der Waals surface area contributed by atoms with Crippen LogP contribution in [-0.2, 0) is 0 Å². The molecule has 0 rings (SSSR count). The van der Waals surface area contributed by atoms with E-state index in [2.05, 4.69) is 0 Å². The van der Waals surface area contributed by atoms with E-state index in [0.29, 0.717) is 0 Å². The molecule has 0 fully saturated rings. The Morgan fingerprint density at radius 2 is 0.700 bits per heavy atom. The Balaban J connectivity index is -0.0000000257. The van der Waals surface area contributed by atoms with E-state index in [4.69, 9.17) is 15.3 Å². The first-order valence-corrected chi connectivity index (χ1v) is 3.07. The van der Waals surface area contributed by atoms with E-state index in [-0.39, 0.29) is 27.2 Å². The van der Waals surface area contributed by atoms with E-state index in [0.717, 1.165) is 0 Å². The summed E-state index contributed by atoms with van der Waals surface area (Å²) in [5, 5.41) is 22.7. The number of rotatable bonds is 0. The fraction of sp³-hybridized carbons (Fsp3) is 1.00. The van der Waals surface area contributed by atoms with Crippen molar-refractivity contribution >= 4 is 0 Å². The fourth-order valence-electron chi connectivity index (χ4n) is 0. The molecule has 10 heavy (non-hydrogen) atoms. The molecule has 0 aromatic carbocycles. The van der Waals surface area contributed by atoms with Crippen LogP contribution in [0.2, 0.25) is 0 Å². The normalized spacial score (nSPS) is 5.40. The van der Waals surface area contributed by atoms with Crippen LogP contribution in [0.5, 0.6) is 0 Å². The monoisotopic (exact) mass is 154 g/mol. The van der Waals surface area contributed by atoms with Crippen molar-refractivity contribution < 1.29 is 15.3 Å². The van der Waals surface area contributed by atoms with Crippen LogP contribution in [0.1, 0.15) is 28.2 Å². The summed E-state index contributed by atoms with van der Waals surface area (Å²) < 4.78 is 0. The third kappa shape index (κ3) is 25900. The molecule has 0 amide bonds. The zero-order valence-corrected chi connectivity index (χ0v) is 6.46. The largest absolute Gasteiger partial charge is 0.397 e. The average molecular weight is 154 g/mol. The molecule has 68 valence electrons. The maximum atomic E-state index is 7.57. The zero-order chi connectivity index (χ0) is 8.12. The summed E-state index contributed by atoms with van der Waals surface area (Å²) in [7, 11) is 0. The number of hydrogen-bond acceptors (Lipinski definition) is 3. The van der Waals surface area contributed by atoms with Crippen molar-refractivity contribution in [3.63, 3.8) is 0 Å². The summed E-state index contributed by atoms with van der Waals surface area (Å²) in [6, 6.07) is 0. The van der Waals surface area contributed by atoms with Gasteiger partial charge in [-0.1, -0.05) is 7.43 Å². The quantitative estimate of drug-likeness (QED) is 0.479. The van der Waals surface area contributed by atoms with Crippen molar-refractivity contribution in [3.05, 3.63) is 0 Å². The van der Waals surface area contributed by atoms with Gasteiger partial charge in [0.1, 0.15) is 0 Å². The van der Waals surface area contributed by atoms with Crippen molar-refractivity contribution in [1.29, 1.82) is 0 Å². The summed E-state index contributed by atoms with van der Waals surface area (Å²) in [6.45, 7) is 5.79. The second kappa shape index (κ2) is 66.5. The van der Waals surface area contributed by atoms with Crippen molar-refractivity contribution in [2.45, 2.75) is 28.2 Å². The highest BCUT2D eigenvalue weighted by atomic mass is 16.3. The molecule has 0 spiro atoms. The first-order chi connectivity index (χ1) is 4.24. The van der Waals surface area contributed by atoms with Gasteiger partial charge in [0.05, 0.1) is 0 Å². The molecule has 3 nitrogen and oxygen atoms in total. The molecule has 0 aliphatic carbocycles. The van der Waals surface area contributed by atoms with Gasteiger partial charge in [-0.25, -0.2) is 0 Å². The molecule has 0 aromatic heterocycles. The van der Waals surface area contributed by atoms with Gasteiger partial charge >= 0.3 is 0 Å². The predicted molar refractivity (Wildman–Crippen MR) is 45.0 cm³/mol. The van der Waals surface area contributed by atoms with E-state index >= 15 is 0 Å². The van der Waals surface area contributed by atoms with Crippen LogP contribution in [0.25, 0.3) is 0 Å². The smallest absolute Gasteiger partial charge is 0.0402 e. The van der Waals surface area contributed by atoms with Crippen molar-refractivity contribution in [1.82, 2.24) is 0 Å². The minimum atomic E-state index is 0. The zero-order valence-electron chi connectivity index (χ0n) is 6.46. The summed E-state index contributed by atoms with van der Waals surface area (Å²) >= 11 is 0. The Morgan fingerprint density at radius 3 is 0.700 bits per heavy atom. The van der Waals surface area contributed by atoms with Crippen molar-refractivity contribution in [2.75, 3.05) is 19.8 Å². The summed E-state index contributed by atoms with van der Waals surface area (Å²) in [4.78, 5) is 0. The highest BCUT2D eigenvalue weighted by Crippen LogP contribution is 1.30. The van der Waals surface area contributed by atoms with Crippen LogP contribution in [0, 0.1) is 0 Å². The van der Waals surface area contributed by atoms with Crippen LogP contribution in [0.15, 0.2) is 0 Å². The molecule has 0 aliphatic rings. The Bertz CT molecular complexity index is 13.6. The summed E-state index contributed by atoms with van der Waals surface area (Å²) in [5.41, 5.74) is 0. The minimum absolute atomic E-state index is 0. The SMILES string of the molecule is C.CCO.CCO.CCO. The third-order valence-electron chi connectivity index (χ3n) is 0. The van der Waals surface area contributed by atoms with E-state index in [1.807, 2.05) is 0 Å². The first kappa shape index (κ1) is 22.5. The van der Waals surface area contributed by atoms with Crippen LogP contribution in [0.4, 0.5) is 0 Å². The molecule has 3 heteroatoms. The molecule has 0 aromatic rings. The third-order valence-corrected chi connectivity index (χ3v) is 0. The van der Waals surface area contributed by atoms with Gasteiger partial charge in [0.25, 0.3) is 0 Å². The number of hydrogen-bond donors (Lipinski definition) is 3. The second-order valence-electron chi connectivity index (χ2n) is 0.949. The Kier molecular flexibility index (Phi) is 150. The summed E-state index contributed by atoms with van der Waals surface area (Å²) in [6.07, 6.45) is 0. The molecule has 0 unspecified atom stereocenters. The average Bonchev–Trinajstić information content (AvgIpc) is 1.70. The van der Waals surface area contributed by atoms with Crippen molar-refractivity contribution in [2.24, 2.45) is 0 Å². The lowest BCUT2D eigenvalue weighted by Crippen LogP contribution is -1.57. The highest BCUT2D eigenvalue weighted by molar-refractivity contribution is 3.84.